The summed E-state index contributed by atoms with van der Waals surface area (Å²) in [5.41, 5.74) is 9.72. The van der Waals surface area contributed by atoms with Gasteiger partial charge >= 0.3 is 0 Å². The van der Waals surface area contributed by atoms with Crippen molar-refractivity contribution in [3.05, 3.63) is 62.0 Å². The van der Waals surface area contributed by atoms with Crippen molar-refractivity contribution in [2.24, 2.45) is 5.73 Å². The Bertz CT molecular complexity index is 613. The van der Waals surface area contributed by atoms with Crippen LogP contribution in [0.1, 0.15) is 29.7 Å². The zero-order valence-electron chi connectivity index (χ0n) is 11.5. The van der Waals surface area contributed by atoms with Gasteiger partial charge in [-0.2, -0.15) is 0 Å². The number of hydrogen-bond donors (Lipinski definition) is 1. The first-order valence-electron chi connectivity index (χ1n) is 6.46. The molecule has 0 bridgehead atoms. The van der Waals surface area contributed by atoms with Gasteiger partial charge in [-0.25, -0.2) is 0 Å². The molecule has 0 amide bonds. The lowest BCUT2D eigenvalue weighted by molar-refractivity contribution is 0.335. The first kappa shape index (κ1) is 15.5. The van der Waals surface area contributed by atoms with E-state index in [1.165, 1.54) is 5.56 Å². The molecule has 1 atom stereocenters. The molecule has 0 saturated heterocycles. The Labute approximate surface area is 136 Å². The van der Waals surface area contributed by atoms with E-state index >= 15 is 0 Å². The summed E-state index contributed by atoms with van der Waals surface area (Å²) < 4.78 is 7.72. The smallest absolute Gasteiger partial charge is 0.124 e. The Morgan fingerprint density at radius 1 is 1.05 bits per heavy atom. The van der Waals surface area contributed by atoms with Gasteiger partial charge in [-0.15, -0.1) is 0 Å². The van der Waals surface area contributed by atoms with Gasteiger partial charge < -0.3 is 10.5 Å². The van der Waals surface area contributed by atoms with Gasteiger partial charge in [-0.1, -0.05) is 37.9 Å². The summed E-state index contributed by atoms with van der Waals surface area (Å²) in [6.07, 6.45) is 0. The average molecular weight is 399 g/mol. The van der Waals surface area contributed by atoms with Crippen LogP contribution in [0.3, 0.4) is 0 Å². The van der Waals surface area contributed by atoms with Gasteiger partial charge in [0.1, 0.15) is 5.75 Å². The van der Waals surface area contributed by atoms with Gasteiger partial charge in [0.15, 0.2) is 0 Å². The van der Waals surface area contributed by atoms with Crippen LogP contribution in [0.4, 0.5) is 0 Å². The third kappa shape index (κ3) is 3.43. The molecular weight excluding hydrogens is 382 g/mol. The number of benzene rings is 2. The topological polar surface area (TPSA) is 35.2 Å². The van der Waals surface area contributed by atoms with Crippen molar-refractivity contribution in [2.45, 2.75) is 19.9 Å². The highest BCUT2D eigenvalue weighted by Gasteiger charge is 2.17. The zero-order chi connectivity index (χ0) is 14.7. The number of aryl methyl sites for hydroxylation is 1. The molecule has 2 aromatic carbocycles. The predicted molar refractivity (Wildman–Crippen MR) is 90.2 cm³/mol. The van der Waals surface area contributed by atoms with Crippen molar-refractivity contribution in [3.63, 3.8) is 0 Å². The second kappa shape index (κ2) is 6.74. The molecule has 2 nitrogen and oxygen atoms in total. The lowest BCUT2D eigenvalue weighted by atomic mass is 9.95. The first-order chi connectivity index (χ1) is 9.52. The lowest BCUT2D eigenvalue weighted by Crippen LogP contribution is -2.15. The molecule has 0 heterocycles. The Morgan fingerprint density at radius 3 is 2.30 bits per heavy atom. The van der Waals surface area contributed by atoms with Gasteiger partial charge in [-0.05, 0) is 55.3 Å². The molecule has 0 spiro atoms. The Kier molecular flexibility index (Phi) is 5.24. The largest absolute Gasteiger partial charge is 0.494 e. The standard InChI is InChI=1S/C16H17Br2NO/c1-3-20-15-7-6-12(18)9-14(15)16(19)13-8-11(17)5-4-10(13)2/h4-9,16H,3,19H2,1-2H3. The molecule has 2 aromatic rings. The average Bonchev–Trinajstić information content (AvgIpc) is 2.43. The summed E-state index contributed by atoms with van der Waals surface area (Å²) in [5.74, 6) is 0.836. The summed E-state index contributed by atoms with van der Waals surface area (Å²) >= 11 is 7.01. The van der Waals surface area contributed by atoms with E-state index in [9.17, 15) is 0 Å². The maximum absolute atomic E-state index is 6.46. The summed E-state index contributed by atoms with van der Waals surface area (Å²) in [6.45, 7) is 4.67. The molecule has 0 fully saturated rings. The SMILES string of the molecule is CCOc1ccc(Br)cc1C(N)c1cc(Br)ccc1C. The van der Waals surface area contributed by atoms with E-state index < -0.39 is 0 Å². The van der Waals surface area contributed by atoms with Crippen LogP contribution in [0.15, 0.2) is 45.3 Å². The molecule has 2 rings (SSSR count). The fraction of sp³-hybridized carbons (Fsp3) is 0.250. The van der Waals surface area contributed by atoms with Gasteiger partial charge in [0.2, 0.25) is 0 Å². The van der Waals surface area contributed by atoms with Crippen LogP contribution < -0.4 is 10.5 Å². The van der Waals surface area contributed by atoms with Crippen molar-refractivity contribution < 1.29 is 4.74 Å². The van der Waals surface area contributed by atoms with E-state index in [-0.39, 0.29) is 6.04 Å². The molecular formula is C16H17Br2NO. The molecule has 1 unspecified atom stereocenters. The molecule has 2 N–H and O–H groups in total. The van der Waals surface area contributed by atoms with E-state index in [0.29, 0.717) is 6.61 Å². The van der Waals surface area contributed by atoms with Crippen molar-refractivity contribution in [1.82, 2.24) is 0 Å². The number of ether oxygens (including phenoxy) is 1. The summed E-state index contributed by atoms with van der Waals surface area (Å²) in [6, 6.07) is 11.9. The molecule has 0 aliphatic rings. The summed E-state index contributed by atoms with van der Waals surface area (Å²) in [4.78, 5) is 0. The molecule has 106 valence electrons. The minimum Gasteiger partial charge on any atom is -0.494 e. The van der Waals surface area contributed by atoms with Crippen molar-refractivity contribution >= 4 is 31.9 Å². The normalized spacial score (nSPS) is 12.2. The van der Waals surface area contributed by atoms with E-state index in [0.717, 1.165) is 25.8 Å². The van der Waals surface area contributed by atoms with Crippen LogP contribution in [-0.2, 0) is 0 Å². The zero-order valence-corrected chi connectivity index (χ0v) is 14.7. The second-order valence-corrected chi connectivity index (χ2v) is 6.43. The minimum absolute atomic E-state index is 0.216. The quantitative estimate of drug-likeness (QED) is 0.789. The molecule has 0 radical (unpaired) electrons. The number of halogens is 2. The Morgan fingerprint density at radius 2 is 1.65 bits per heavy atom. The van der Waals surface area contributed by atoms with Crippen molar-refractivity contribution in [3.8, 4) is 5.75 Å². The lowest BCUT2D eigenvalue weighted by Gasteiger charge is -2.19. The Balaban J connectivity index is 2.49. The van der Waals surface area contributed by atoms with Crippen molar-refractivity contribution in [2.75, 3.05) is 6.61 Å². The highest BCUT2D eigenvalue weighted by Crippen LogP contribution is 2.33. The molecule has 0 aromatic heterocycles. The van der Waals surface area contributed by atoms with Crippen LogP contribution in [0.2, 0.25) is 0 Å². The van der Waals surface area contributed by atoms with E-state index in [1.54, 1.807) is 0 Å². The predicted octanol–water partition coefficient (Wildman–Crippen LogP) is 4.97. The van der Waals surface area contributed by atoms with Crippen LogP contribution >= 0.6 is 31.9 Å². The van der Waals surface area contributed by atoms with E-state index in [4.69, 9.17) is 10.5 Å². The summed E-state index contributed by atoms with van der Waals surface area (Å²) in [5, 5.41) is 0. The van der Waals surface area contributed by atoms with Gasteiger partial charge in [0, 0.05) is 14.5 Å². The molecule has 0 aliphatic heterocycles. The van der Waals surface area contributed by atoms with Gasteiger partial charge in [-0.3, -0.25) is 0 Å². The van der Waals surface area contributed by atoms with Gasteiger partial charge in [0.25, 0.3) is 0 Å². The monoisotopic (exact) mass is 397 g/mol. The summed E-state index contributed by atoms with van der Waals surface area (Å²) in [7, 11) is 0. The third-order valence-electron chi connectivity index (χ3n) is 3.18. The third-order valence-corrected chi connectivity index (χ3v) is 4.17. The minimum atomic E-state index is -0.216. The highest BCUT2D eigenvalue weighted by molar-refractivity contribution is 9.10. The molecule has 20 heavy (non-hydrogen) atoms. The highest BCUT2D eigenvalue weighted by atomic mass is 79.9. The number of rotatable bonds is 4. The maximum atomic E-state index is 6.46. The fourth-order valence-electron chi connectivity index (χ4n) is 2.16. The van der Waals surface area contributed by atoms with E-state index in [2.05, 4.69) is 50.9 Å². The van der Waals surface area contributed by atoms with E-state index in [1.807, 2.05) is 31.2 Å². The molecule has 0 saturated carbocycles. The maximum Gasteiger partial charge on any atom is 0.124 e. The fourth-order valence-corrected chi connectivity index (χ4v) is 2.92. The van der Waals surface area contributed by atoms with Gasteiger partial charge in [0.05, 0.1) is 12.6 Å². The Hall–Kier alpha value is -0.840. The van der Waals surface area contributed by atoms with Crippen molar-refractivity contribution in [1.29, 1.82) is 0 Å². The van der Waals surface area contributed by atoms with Crippen LogP contribution in [-0.4, -0.2) is 6.61 Å². The number of nitrogens with two attached hydrogens (primary N) is 1. The van der Waals surface area contributed by atoms with Crippen LogP contribution in [0, 0.1) is 6.92 Å². The molecule has 0 aliphatic carbocycles. The number of hydrogen-bond acceptors (Lipinski definition) is 2. The second-order valence-electron chi connectivity index (χ2n) is 4.59. The van der Waals surface area contributed by atoms with Crippen LogP contribution in [0.25, 0.3) is 0 Å². The van der Waals surface area contributed by atoms with Crippen LogP contribution in [0.5, 0.6) is 5.75 Å². The first-order valence-corrected chi connectivity index (χ1v) is 8.05. The molecule has 4 heteroatoms.